The Morgan fingerprint density at radius 1 is 1.29 bits per heavy atom. The summed E-state index contributed by atoms with van der Waals surface area (Å²) in [4.78, 5) is 0. The lowest BCUT2D eigenvalue weighted by molar-refractivity contribution is 0.387. The maximum atomic E-state index is 5.60. The van der Waals surface area contributed by atoms with Gasteiger partial charge in [0.1, 0.15) is 5.75 Å². The Hall–Kier alpha value is -1.02. The molecule has 0 aliphatic heterocycles. The number of methoxy groups -OCH3 is 1. The lowest BCUT2D eigenvalue weighted by Crippen LogP contribution is -2.22. The third kappa shape index (κ3) is 2.26. The minimum absolute atomic E-state index is 0.0847. The van der Waals surface area contributed by atoms with E-state index in [1.165, 1.54) is 5.56 Å². The molecule has 0 aliphatic carbocycles. The molecule has 2 N–H and O–H groups in total. The molecule has 0 amide bonds. The second-order valence-electron chi connectivity index (χ2n) is 4.12. The third-order valence-corrected chi connectivity index (χ3v) is 2.61. The number of para-hydroxylation sites is 1. The molecule has 0 saturated carbocycles. The van der Waals surface area contributed by atoms with Gasteiger partial charge in [0.2, 0.25) is 0 Å². The lowest BCUT2D eigenvalue weighted by Gasteiger charge is -2.26. The maximum absolute atomic E-state index is 5.60. The van der Waals surface area contributed by atoms with Crippen LogP contribution in [0.2, 0.25) is 0 Å². The first kappa shape index (κ1) is 11.1. The molecule has 0 heterocycles. The summed E-state index contributed by atoms with van der Waals surface area (Å²) in [6.07, 6.45) is 0.966. The number of hydrogen-bond acceptors (Lipinski definition) is 2. The molecule has 78 valence electrons. The van der Waals surface area contributed by atoms with Crippen molar-refractivity contribution >= 4 is 0 Å². The molecule has 0 radical (unpaired) electrons. The van der Waals surface area contributed by atoms with Crippen molar-refractivity contribution in [3.8, 4) is 5.75 Å². The topological polar surface area (TPSA) is 35.2 Å². The van der Waals surface area contributed by atoms with Crippen molar-refractivity contribution in [2.45, 2.75) is 25.7 Å². The van der Waals surface area contributed by atoms with Crippen molar-refractivity contribution in [2.75, 3.05) is 13.7 Å². The highest BCUT2D eigenvalue weighted by atomic mass is 16.5. The minimum atomic E-state index is 0.0847. The van der Waals surface area contributed by atoms with E-state index in [9.17, 15) is 0 Å². The molecule has 1 aromatic carbocycles. The van der Waals surface area contributed by atoms with Gasteiger partial charge in [-0.15, -0.1) is 0 Å². The number of ether oxygens (including phenoxy) is 1. The minimum Gasteiger partial charge on any atom is -0.496 e. The standard InChI is InChI=1S/C12H19NO/c1-12(2,8-9-13)10-6-4-5-7-11(10)14-3/h4-7H,8-9,13H2,1-3H3. The second-order valence-corrected chi connectivity index (χ2v) is 4.12. The van der Waals surface area contributed by atoms with Crippen LogP contribution in [-0.2, 0) is 5.41 Å². The van der Waals surface area contributed by atoms with E-state index in [4.69, 9.17) is 10.5 Å². The molecule has 0 aromatic heterocycles. The van der Waals surface area contributed by atoms with Crippen LogP contribution in [0.4, 0.5) is 0 Å². The summed E-state index contributed by atoms with van der Waals surface area (Å²) in [5.41, 5.74) is 6.92. The van der Waals surface area contributed by atoms with Crippen LogP contribution >= 0.6 is 0 Å². The van der Waals surface area contributed by atoms with E-state index in [1.54, 1.807) is 7.11 Å². The first-order valence-corrected chi connectivity index (χ1v) is 4.95. The van der Waals surface area contributed by atoms with E-state index in [2.05, 4.69) is 19.9 Å². The van der Waals surface area contributed by atoms with Gasteiger partial charge in [-0.05, 0) is 30.0 Å². The van der Waals surface area contributed by atoms with Crippen molar-refractivity contribution < 1.29 is 4.74 Å². The lowest BCUT2D eigenvalue weighted by atomic mass is 9.81. The highest BCUT2D eigenvalue weighted by Crippen LogP contribution is 2.33. The van der Waals surface area contributed by atoms with Crippen molar-refractivity contribution in [2.24, 2.45) is 5.73 Å². The summed E-state index contributed by atoms with van der Waals surface area (Å²) in [6.45, 7) is 5.08. The van der Waals surface area contributed by atoms with Crippen molar-refractivity contribution in [3.05, 3.63) is 29.8 Å². The largest absolute Gasteiger partial charge is 0.496 e. The van der Waals surface area contributed by atoms with Crippen LogP contribution in [0.15, 0.2) is 24.3 Å². The monoisotopic (exact) mass is 193 g/mol. The molecule has 0 fully saturated rings. The summed E-state index contributed by atoms with van der Waals surface area (Å²) >= 11 is 0. The quantitative estimate of drug-likeness (QED) is 0.796. The highest BCUT2D eigenvalue weighted by molar-refractivity contribution is 5.38. The highest BCUT2D eigenvalue weighted by Gasteiger charge is 2.22. The van der Waals surface area contributed by atoms with Crippen LogP contribution in [-0.4, -0.2) is 13.7 Å². The van der Waals surface area contributed by atoms with Crippen molar-refractivity contribution in [3.63, 3.8) is 0 Å². The number of hydrogen-bond donors (Lipinski definition) is 1. The molecule has 2 nitrogen and oxygen atoms in total. The fourth-order valence-electron chi connectivity index (χ4n) is 1.70. The zero-order valence-corrected chi connectivity index (χ0v) is 9.21. The van der Waals surface area contributed by atoms with Crippen LogP contribution in [0.1, 0.15) is 25.8 Å². The van der Waals surface area contributed by atoms with Gasteiger partial charge in [-0.1, -0.05) is 32.0 Å². The SMILES string of the molecule is COc1ccccc1C(C)(C)CCN. The summed E-state index contributed by atoms with van der Waals surface area (Å²) in [6, 6.07) is 8.12. The normalized spacial score (nSPS) is 11.4. The molecule has 0 spiro atoms. The van der Waals surface area contributed by atoms with Gasteiger partial charge >= 0.3 is 0 Å². The molecular weight excluding hydrogens is 174 g/mol. The van der Waals surface area contributed by atoms with Crippen LogP contribution < -0.4 is 10.5 Å². The van der Waals surface area contributed by atoms with E-state index < -0.39 is 0 Å². The predicted molar refractivity (Wildman–Crippen MR) is 59.7 cm³/mol. The van der Waals surface area contributed by atoms with Crippen LogP contribution in [0, 0.1) is 0 Å². The van der Waals surface area contributed by atoms with Crippen LogP contribution in [0.5, 0.6) is 5.75 Å². The number of rotatable bonds is 4. The molecule has 1 aromatic rings. The predicted octanol–water partition coefficient (Wildman–Crippen LogP) is 2.32. The molecule has 0 bridgehead atoms. The van der Waals surface area contributed by atoms with Gasteiger partial charge in [0, 0.05) is 0 Å². The van der Waals surface area contributed by atoms with Crippen LogP contribution in [0.3, 0.4) is 0 Å². The van der Waals surface area contributed by atoms with Crippen molar-refractivity contribution in [1.82, 2.24) is 0 Å². The zero-order chi connectivity index (χ0) is 10.6. The fraction of sp³-hybridized carbons (Fsp3) is 0.500. The maximum Gasteiger partial charge on any atom is 0.122 e. The first-order valence-electron chi connectivity index (χ1n) is 4.95. The molecule has 2 heteroatoms. The van der Waals surface area contributed by atoms with Gasteiger partial charge in [-0.2, -0.15) is 0 Å². The van der Waals surface area contributed by atoms with E-state index in [0.717, 1.165) is 12.2 Å². The summed E-state index contributed by atoms with van der Waals surface area (Å²) < 4.78 is 5.34. The van der Waals surface area contributed by atoms with Gasteiger partial charge in [0.05, 0.1) is 7.11 Å². The molecule has 0 atom stereocenters. The van der Waals surface area contributed by atoms with E-state index in [0.29, 0.717) is 6.54 Å². The molecule has 14 heavy (non-hydrogen) atoms. The summed E-state index contributed by atoms with van der Waals surface area (Å²) in [5.74, 6) is 0.950. The smallest absolute Gasteiger partial charge is 0.122 e. The van der Waals surface area contributed by atoms with Gasteiger partial charge in [-0.25, -0.2) is 0 Å². The van der Waals surface area contributed by atoms with E-state index >= 15 is 0 Å². The van der Waals surface area contributed by atoms with Crippen LogP contribution in [0.25, 0.3) is 0 Å². The Morgan fingerprint density at radius 2 is 1.93 bits per heavy atom. The zero-order valence-electron chi connectivity index (χ0n) is 9.21. The second kappa shape index (κ2) is 4.47. The third-order valence-electron chi connectivity index (χ3n) is 2.61. The van der Waals surface area contributed by atoms with Gasteiger partial charge in [0.15, 0.2) is 0 Å². The summed E-state index contributed by atoms with van der Waals surface area (Å²) in [7, 11) is 1.71. The van der Waals surface area contributed by atoms with Gasteiger partial charge in [0.25, 0.3) is 0 Å². The average Bonchev–Trinajstić information content (AvgIpc) is 2.18. The Bertz CT molecular complexity index is 294. The van der Waals surface area contributed by atoms with Crippen molar-refractivity contribution in [1.29, 1.82) is 0 Å². The molecule has 0 saturated heterocycles. The Morgan fingerprint density at radius 3 is 2.50 bits per heavy atom. The number of nitrogens with two attached hydrogens (primary N) is 1. The number of benzene rings is 1. The molecule has 1 rings (SSSR count). The molecular formula is C12H19NO. The summed E-state index contributed by atoms with van der Waals surface area (Å²) in [5, 5.41) is 0. The Labute approximate surface area is 86.1 Å². The Balaban J connectivity index is 3.04. The average molecular weight is 193 g/mol. The molecule has 0 unspecified atom stereocenters. The molecule has 0 aliphatic rings. The van der Waals surface area contributed by atoms with Gasteiger partial charge in [-0.3, -0.25) is 0 Å². The van der Waals surface area contributed by atoms with E-state index in [-0.39, 0.29) is 5.41 Å². The van der Waals surface area contributed by atoms with Gasteiger partial charge < -0.3 is 10.5 Å². The Kier molecular flexibility index (Phi) is 3.53. The van der Waals surface area contributed by atoms with E-state index in [1.807, 2.05) is 18.2 Å². The fourth-order valence-corrected chi connectivity index (χ4v) is 1.70. The first-order chi connectivity index (χ1) is 6.61.